The van der Waals surface area contributed by atoms with E-state index < -0.39 is 0 Å². The van der Waals surface area contributed by atoms with Gasteiger partial charge >= 0.3 is 0 Å². The fraction of sp³-hybridized carbons (Fsp3) is 0.400. The van der Waals surface area contributed by atoms with E-state index in [0.717, 1.165) is 19.5 Å². The van der Waals surface area contributed by atoms with Crippen LogP contribution in [0.15, 0.2) is 30.0 Å². The zero-order chi connectivity index (χ0) is 22.8. The molecule has 4 rings (SSSR count). The third-order valence-corrected chi connectivity index (χ3v) is 6.06. The quantitative estimate of drug-likeness (QED) is 0.674. The molecule has 1 N–H and O–H groups in total. The monoisotopic (exact) mass is 439 g/mol. The summed E-state index contributed by atoms with van der Waals surface area (Å²) in [6.07, 6.45) is 3.97. The lowest BCUT2D eigenvalue weighted by Crippen LogP contribution is -2.33. The van der Waals surface area contributed by atoms with E-state index in [2.05, 4.69) is 11.8 Å². The Morgan fingerprint density at radius 2 is 1.91 bits per heavy atom. The van der Waals surface area contributed by atoms with Crippen LogP contribution in [0.2, 0.25) is 0 Å². The number of phenolic OH excluding ortho intramolecular Hbond substituents is 1. The summed E-state index contributed by atoms with van der Waals surface area (Å²) in [5, 5.41) is 10.6. The maximum absolute atomic E-state index is 13.1. The van der Waals surface area contributed by atoms with Crippen LogP contribution < -0.4 is 18.9 Å². The fourth-order valence-corrected chi connectivity index (χ4v) is 4.48. The molecule has 0 amide bonds. The van der Waals surface area contributed by atoms with Crippen LogP contribution in [0, 0.1) is 5.92 Å². The molecule has 7 heteroatoms. The predicted octanol–water partition coefficient (Wildman–Crippen LogP) is 4.27. The molecule has 0 radical (unpaired) electrons. The SMILES string of the molecule is COc1ccc(/C=C2\Oc3c(ccc(O)c3CN3CCC[C@H](C)C3)C2=O)c(OC)c1OC. The number of hydrogen-bond acceptors (Lipinski definition) is 7. The fourth-order valence-electron chi connectivity index (χ4n) is 4.48. The Labute approximate surface area is 188 Å². The van der Waals surface area contributed by atoms with Crippen LogP contribution in [-0.4, -0.2) is 50.2 Å². The number of carbonyl (C=O) groups excluding carboxylic acids is 1. The van der Waals surface area contributed by atoms with Crippen molar-refractivity contribution in [1.82, 2.24) is 4.90 Å². The van der Waals surface area contributed by atoms with Crippen LogP contribution in [0.5, 0.6) is 28.7 Å². The second kappa shape index (κ2) is 9.12. The molecule has 7 nitrogen and oxygen atoms in total. The van der Waals surface area contributed by atoms with Crippen LogP contribution in [-0.2, 0) is 6.54 Å². The van der Waals surface area contributed by atoms with Gasteiger partial charge < -0.3 is 24.1 Å². The average Bonchev–Trinajstić information content (AvgIpc) is 3.10. The Morgan fingerprint density at radius 3 is 2.59 bits per heavy atom. The van der Waals surface area contributed by atoms with Crippen molar-refractivity contribution in [3.05, 3.63) is 46.7 Å². The molecule has 2 aromatic carbocycles. The van der Waals surface area contributed by atoms with Crippen LogP contribution in [0.25, 0.3) is 6.08 Å². The van der Waals surface area contributed by atoms with Crippen molar-refractivity contribution in [1.29, 1.82) is 0 Å². The van der Waals surface area contributed by atoms with Crippen LogP contribution in [0.3, 0.4) is 0 Å². The van der Waals surface area contributed by atoms with Crippen LogP contribution >= 0.6 is 0 Å². The van der Waals surface area contributed by atoms with E-state index in [0.29, 0.717) is 52.2 Å². The maximum Gasteiger partial charge on any atom is 0.231 e. The summed E-state index contributed by atoms with van der Waals surface area (Å²) in [5.41, 5.74) is 1.72. The molecule has 2 aromatic rings. The highest BCUT2D eigenvalue weighted by atomic mass is 16.5. The molecule has 0 saturated carbocycles. The summed E-state index contributed by atoms with van der Waals surface area (Å²) in [4.78, 5) is 15.4. The normalized spacial score (nSPS) is 19.6. The number of rotatable bonds is 6. The van der Waals surface area contributed by atoms with Gasteiger partial charge in [-0.25, -0.2) is 0 Å². The highest BCUT2D eigenvalue weighted by Crippen LogP contribution is 2.43. The molecule has 1 fully saturated rings. The van der Waals surface area contributed by atoms with Crippen molar-refractivity contribution >= 4 is 11.9 Å². The lowest BCUT2D eigenvalue weighted by Gasteiger charge is -2.31. The third kappa shape index (κ3) is 4.00. The van der Waals surface area contributed by atoms with Gasteiger partial charge in [0, 0.05) is 18.7 Å². The van der Waals surface area contributed by atoms with Gasteiger partial charge in [0.2, 0.25) is 11.5 Å². The first kappa shape index (κ1) is 22.0. The molecule has 1 saturated heterocycles. The van der Waals surface area contributed by atoms with Gasteiger partial charge in [0.15, 0.2) is 17.3 Å². The molecule has 2 aliphatic rings. The van der Waals surface area contributed by atoms with Crippen molar-refractivity contribution in [3.63, 3.8) is 0 Å². The maximum atomic E-state index is 13.1. The minimum absolute atomic E-state index is 0.139. The van der Waals surface area contributed by atoms with Gasteiger partial charge in [-0.2, -0.15) is 0 Å². The first-order valence-electron chi connectivity index (χ1n) is 10.8. The first-order chi connectivity index (χ1) is 15.5. The standard InChI is InChI=1S/C25H29NO6/c1-15-6-5-11-26(13-15)14-18-19(27)9-8-17-22(28)21(32-24(17)18)12-16-7-10-20(29-2)25(31-4)23(16)30-3/h7-10,12,15,27H,5-6,11,13-14H2,1-4H3/b21-12-/t15-/m0/s1. The molecule has 0 unspecified atom stereocenters. The number of hydrogen-bond donors (Lipinski definition) is 1. The van der Waals surface area contributed by atoms with Gasteiger partial charge in [0.25, 0.3) is 0 Å². The zero-order valence-corrected chi connectivity index (χ0v) is 18.9. The van der Waals surface area contributed by atoms with Crippen molar-refractivity contribution < 1.29 is 28.8 Å². The van der Waals surface area contributed by atoms with Gasteiger partial charge in [0.05, 0.1) is 32.5 Å². The largest absolute Gasteiger partial charge is 0.507 e. The number of allylic oxidation sites excluding steroid dienone is 1. The van der Waals surface area contributed by atoms with Gasteiger partial charge in [0.1, 0.15) is 11.5 Å². The molecule has 0 aliphatic carbocycles. The predicted molar refractivity (Wildman–Crippen MR) is 121 cm³/mol. The third-order valence-electron chi connectivity index (χ3n) is 6.06. The van der Waals surface area contributed by atoms with E-state index in [1.807, 2.05) is 0 Å². The molecule has 32 heavy (non-hydrogen) atoms. The van der Waals surface area contributed by atoms with E-state index in [4.69, 9.17) is 18.9 Å². The molecule has 0 bridgehead atoms. The summed E-state index contributed by atoms with van der Waals surface area (Å²) in [5.74, 6) is 2.52. The van der Waals surface area contributed by atoms with Crippen LogP contribution in [0.4, 0.5) is 0 Å². The highest BCUT2D eigenvalue weighted by molar-refractivity contribution is 6.15. The van der Waals surface area contributed by atoms with Gasteiger partial charge in [-0.05, 0) is 55.6 Å². The molecule has 2 heterocycles. The number of ketones is 1. The van der Waals surface area contributed by atoms with Gasteiger partial charge in [-0.3, -0.25) is 9.69 Å². The first-order valence-corrected chi connectivity index (χ1v) is 10.8. The molecule has 0 spiro atoms. The topological polar surface area (TPSA) is 77.5 Å². The summed E-state index contributed by atoms with van der Waals surface area (Å²) >= 11 is 0. The van der Waals surface area contributed by atoms with E-state index in [1.165, 1.54) is 20.6 Å². The van der Waals surface area contributed by atoms with Crippen molar-refractivity contribution in [2.45, 2.75) is 26.3 Å². The molecular weight excluding hydrogens is 410 g/mol. The number of ether oxygens (including phenoxy) is 4. The summed E-state index contributed by atoms with van der Waals surface area (Å²) in [7, 11) is 4.61. The van der Waals surface area contributed by atoms with E-state index in [-0.39, 0.29) is 17.3 Å². The number of aromatic hydroxyl groups is 1. The van der Waals surface area contributed by atoms with E-state index in [1.54, 1.807) is 37.5 Å². The summed E-state index contributed by atoms with van der Waals surface area (Å²) in [6.45, 7) is 4.70. The highest BCUT2D eigenvalue weighted by Gasteiger charge is 2.32. The van der Waals surface area contributed by atoms with E-state index in [9.17, 15) is 9.90 Å². The number of Topliss-reactive ketones (excluding diaryl/α,β-unsaturated/α-hetero) is 1. The van der Waals surface area contributed by atoms with Crippen LogP contribution in [0.1, 0.15) is 41.3 Å². The lowest BCUT2D eigenvalue weighted by atomic mass is 9.99. The molecule has 2 aliphatic heterocycles. The number of carbonyl (C=O) groups is 1. The number of benzene rings is 2. The number of nitrogens with zero attached hydrogens (tertiary/aromatic N) is 1. The van der Waals surface area contributed by atoms with Crippen molar-refractivity contribution in [2.75, 3.05) is 34.4 Å². The Bertz CT molecular complexity index is 1060. The van der Waals surface area contributed by atoms with E-state index >= 15 is 0 Å². The second-order valence-electron chi connectivity index (χ2n) is 8.29. The van der Waals surface area contributed by atoms with Crippen molar-refractivity contribution in [2.24, 2.45) is 5.92 Å². The number of fused-ring (bicyclic) bond motifs is 1. The number of piperidine rings is 1. The minimum Gasteiger partial charge on any atom is -0.507 e. The Balaban J connectivity index is 1.69. The lowest BCUT2D eigenvalue weighted by molar-refractivity contribution is 0.101. The zero-order valence-electron chi connectivity index (χ0n) is 18.9. The number of phenols is 1. The van der Waals surface area contributed by atoms with Crippen molar-refractivity contribution in [3.8, 4) is 28.7 Å². The molecule has 1 atom stereocenters. The molecule has 170 valence electrons. The minimum atomic E-state index is -0.231. The smallest absolute Gasteiger partial charge is 0.231 e. The molecular formula is C25H29NO6. The number of likely N-dealkylation sites (tertiary alicyclic amines) is 1. The Kier molecular flexibility index (Phi) is 6.28. The Hall–Kier alpha value is -3.19. The molecule has 0 aromatic heterocycles. The van der Waals surface area contributed by atoms with Gasteiger partial charge in [-0.1, -0.05) is 6.92 Å². The van der Waals surface area contributed by atoms with Gasteiger partial charge in [-0.15, -0.1) is 0 Å². The average molecular weight is 440 g/mol. The summed E-state index contributed by atoms with van der Waals surface area (Å²) < 4.78 is 22.3. The summed E-state index contributed by atoms with van der Waals surface area (Å²) in [6, 6.07) is 6.71. The second-order valence-corrected chi connectivity index (χ2v) is 8.29. The Morgan fingerprint density at radius 1 is 1.12 bits per heavy atom. The number of methoxy groups -OCH3 is 3.